The third-order valence-corrected chi connectivity index (χ3v) is 3.46. The van der Waals surface area contributed by atoms with E-state index in [-0.39, 0.29) is 5.91 Å². The zero-order chi connectivity index (χ0) is 13.9. The second kappa shape index (κ2) is 5.40. The topological polar surface area (TPSA) is 63.9 Å². The molecule has 104 valence electrons. The summed E-state index contributed by atoms with van der Waals surface area (Å²) in [6.45, 7) is 3.09. The molecule has 1 amide bonds. The van der Waals surface area contributed by atoms with Gasteiger partial charge in [0.2, 0.25) is 5.91 Å². The number of aromatic nitrogens is 4. The molecule has 0 N–H and O–H groups in total. The predicted octanol–water partition coefficient (Wildman–Crippen LogP) is 1.35. The fraction of sp³-hybridized carbons (Fsp3) is 0.429. The highest BCUT2D eigenvalue weighted by Gasteiger charge is 2.31. The van der Waals surface area contributed by atoms with Gasteiger partial charge in [0.15, 0.2) is 5.82 Å². The second-order valence-corrected chi connectivity index (χ2v) is 4.88. The zero-order valence-electron chi connectivity index (χ0n) is 11.4. The maximum absolute atomic E-state index is 12.3. The van der Waals surface area contributed by atoms with Crippen LogP contribution in [0.2, 0.25) is 0 Å². The average molecular weight is 271 g/mol. The molecule has 20 heavy (non-hydrogen) atoms. The highest BCUT2D eigenvalue weighted by Crippen LogP contribution is 2.27. The minimum absolute atomic E-state index is 0.137. The Morgan fingerprint density at radius 1 is 1.35 bits per heavy atom. The lowest BCUT2D eigenvalue weighted by atomic mass is 10.4. The summed E-state index contributed by atoms with van der Waals surface area (Å²) in [6.07, 6.45) is 10.6. The molecule has 1 aliphatic rings. The standard InChI is InChI=1S/C14H17N5O/c1-2-19(11-3-4-11)13(20)10-18-8-7-17-14(18)12-9-15-5-6-16-12/h5-9,11H,2-4,10H2,1H3. The minimum Gasteiger partial charge on any atom is -0.338 e. The van der Waals surface area contributed by atoms with Crippen LogP contribution in [0.25, 0.3) is 11.5 Å². The van der Waals surface area contributed by atoms with Gasteiger partial charge in [0, 0.05) is 37.4 Å². The summed E-state index contributed by atoms with van der Waals surface area (Å²) in [5.74, 6) is 0.816. The molecule has 0 aliphatic heterocycles. The van der Waals surface area contributed by atoms with E-state index in [1.165, 1.54) is 0 Å². The first kappa shape index (κ1) is 12.8. The molecule has 2 heterocycles. The largest absolute Gasteiger partial charge is 0.338 e. The number of carbonyl (C=O) groups excluding carboxylic acids is 1. The molecule has 1 saturated carbocycles. The maximum Gasteiger partial charge on any atom is 0.242 e. The Kier molecular flexibility index (Phi) is 3.45. The lowest BCUT2D eigenvalue weighted by Gasteiger charge is -2.21. The molecule has 1 fully saturated rings. The summed E-state index contributed by atoms with van der Waals surface area (Å²) in [6, 6.07) is 0.441. The summed E-state index contributed by atoms with van der Waals surface area (Å²) in [5, 5.41) is 0. The number of carbonyl (C=O) groups is 1. The minimum atomic E-state index is 0.137. The van der Waals surface area contributed by atoms with Crippen molar-refractivity contribution in [2.75, 3.05) is 6.54 Å². The highest BCUT2D eigenvalue weighted by atomic mass is 16.2. The van der Waals surface area contributed by atoms with E-state index in [0.29, 0.717) is 24.1 Å². The highest BCUT2D eigenvalue weighted by molar-refractivity contribution is 5.77. The fourth-order valence-corrected chi connectivity index (χ4v) is 2.35. The maximum atomic E-state index is 12.3. The fourth-order valence-electron chi connectivity index (χ4n) is 2.35. The van der Waals surface area contributed by atoms with Gasteiger partial charge in [-0.2, -0.15) is 0 Å². The Morgan fingerprint density at radius 2 is 2.20 bits per heavy atom. The van der Waals surface area contributed by atoms with Crippen LogP contribution in [0.1, 0.15) is 19.8 Å². The number of likely N-dealkylation sites (N-methyl/N-ethyl adjacent to an activating group) is 1. The van der Waals surface area contributed by atoms with Crippen molar-refractivity contribution in [2.45, 2.75) is 32.4 Å². The third kappa shape index (κ3) is 2.54. The van der Waals surface area contributed by atoms with Gasteiger partial charge in [-0.1, -0.05) is 0 Å². The molecule has 3 rings (SSSR count). The van der Waals surface area contributed by atoms with Crippen LogP contribution in [-0.4, -0.2) is 42.9 Å². The van der Waals surface area contributed by atoms with Gasteiger partial charge in [0.05, 0.1) is 6.20 Å². The molecule has 0 radical (unpaired) electrons. The van der Waals surface area contributed by atoms with Crippen molar-refractivity contribution in [3.8, 4) is 11.5 Å². The van der Waals surface area contributed by atoms with Gasteiger partial charge in [-0.3, -0.25) is 9.78 Å². The Hall–Kier alpha value is -2.24. The van der Waals surface area contributed by atoms with Gasteiger partial charge >= 0.3 is 0 Å². The Labute approximate surface area is 117 Å². The van der Waals surface area contributed by atoms with Crippen LogP contribution in [0, 0.1) is 0 Å². The predicted molar refractivity (Wildman–Crippen MR) is 73.7 cm³/mol. The van der Waals surface area contributed by atoms with Gasteiger partial charge < -0.3 is 9.47 Å². The number of nitrogens with zero attached hydrogens (tertiary/aromatic N) is 5. The van der Waals surface area contributed by atoms with E-state index in [1.807, 2.05) is 22.6 Å². The van der Waals surface area contributed by atoms with E-state index < -0.39 is 0 Å². The van der Waals surface area contributed by atoms with Crippen LogP contribution < -0.4 is 0 Å². The zero-order valence-corrected chi connectivity index (χ0v) is 11.4. The number of amides is 1. The Balaban J connectivity index is 1.78. The quantitative estimate of drug-likeness (QED) is 0.823. The molecule has 0 atom stereocenters. The van der Waals surface area contributed by atoms with Crippen LogP contribution >= 0.6 is 0 Å². The van der Waals surface area contributed by atoms with Crippen molar-refractivity contribution < 1.29 is 4.79 Å². The van der Waals surface area contributed by atoms with Gasteiger partial charge in [-0.15, -0.1) is 0 Å². The van der Waals surface area contributed by atoms with Crippen LogP contribution in [0.5, 0.6) is 0 Å². The van der Waals surface area contributed by atoms with E-state index >= 15 is 0 Å². The Morgan fingerprint density at radius 3 is 2.85 bits per heavy atom. The first-order chi connectivity index (χ1) is 9.79. The molecule has 0 saturated heterocycles. The summed E-state index contributed by atoms with van der Waals surface area (Å²) < 4.78 is 1.83. The molecule has 2 aromatic heterocycles. The van der Waals surface area contributed by atoms with E-state index in [4.69, 9.17) is 0 Å². The first-order valence-corrected chi connectivity index (χ1v) is 6.86. The lowest BCUT2D eigenvalue weighted by Crippen LogP contribution is -2.35. The lowest BCUT2D eigenvalue weighted by molar-refractivity contribution is -0.132. The van der Waals surface area contributed by atoms with E-state index in [9.17, 15) is 4.79 Å². The molecule has 0 aromatic carbocycles. The molecule has 2 aromatic rings. The van der Waals surface area contributed by atoms with Crippen LogP contribution in [-0.2, 0) is 11.3 Å². The van der Waals surface area contributed by atoms with E-state index in [1.54, 1.807) is 24.8 Å². The smallest absolute Gasteiger partial charge is 0.242 e. The van der Waals surface area contributed by atoms with E-state index in [0.717, 1.165) is 19.4 Å². The SMILES string of the molecule is CCN(C(=O)Cn1ccnc1-c1cnccn1)C1CC1. The Bertz CT molecular complexity index is 591. The summed E-state index contributed by atoms with van der Waals surface area (Å²) in [4.78, 5) is 26.8. The molecule has 6 nitrogen and oxygen atoms in total. The van der Waals surface area contributed by atoms with Crippen molar-refractivity contribution in [3.05, 3.63) is 31.0 Å². The van der Waals surface area contributed by atoms with Crippen molar-refractivity contribution in [2.24, 2.45) is 0 Å². The molecule has 0 spiro atoms. The normalized spacial score (nSPS) is 14.2. The summed E-state index contributed by atoms with van der Waals surface area (Å²) >= 11 is 0. The van der Waals surface area contributed by atoms with Gasteiger partial charge in [-0.25, -0.2) is 9.97 Å². The van der Waals surface area contributed by atoms with Crippen molar-refractivity contribution in [1.82, 2.24) is 24.4 Å². The molecular formula is C14H17N5O. The molecule has 0 bridgehead atoms. The van der Waals surface area contributed by atoms with Crippen molar-refractivity contribution >= 4 is 5.91 Å². The second-order valence-electron chi connectivity index (χ2n) is 4.88. The summed E-state index contributed by atoms with van der Waals surface area (Å²) in [5.41, 5.74) is 0.680. The third-order valence-electron chi connectivity index (χ3n) is 3.46. The van der Waals surface area contributed by atoms with Crippen molar-refractivity contribution in [1.29, 1.82) is 0 Å². The number of rotatable bonds is 5. The van der Waals surface area contributed by atoms with E-state index in [2.05, 4.69) is 15.0 Å². The van der Waals surface area contributed by atoms with Gasteiger partial charge in [0.1, 0.15) is 12.2 Å². The van der Waals surface area contributed by atoms with Gasteiger partial charge in [-0.05, 0) is 19.8 Å². The van der Waals surface area contributed by atoms with Crippen molar-refractivity contribution in [3.63, 3.8) is 0 Å². The van der Waals surface area contributed by atoms with Crippen LogP contribution in [0.15, 0.2) is 31.0 Å². The molecule has 0 unspecified atom stereocenters. The molecule has 6 heteroatoms. The number of imidazole rings is 1. The van der Waals surface area contributed by atoms with Crippen LogP contribution in [0.4, 0.5) is 0 Å². The average Bonchev–Trinajstić information content (AvgIpc) is 3.19. The number of hydrogen-bond acceptors (Lipinski definition) is 4. The summed E-state index contributed by atoms with van der Waals surface area (Å²) in [7, 11) is 0. The van der Waals surface area contributed by atoms with Gasteiger partial charge in [0.25, 0.3) is 0 Å². The number of hydrogen-bond donors (Lipinski definition) is 0. The first-order valence-electron chi connectivity index (χ1n) is 6.86. The van der Waals surface area contributed by atoms with Crippen LogP contribution in [0.3, 0.4) is 0 Å². The molecule has 1 aliphatic carbocycles. The molecular weight excluding hydrogens is 254 g/mol. The monoisotopic (exact) mass is 271 g/mol.